The van der Waals surface area contributed by atoms with Gasteiger partial charge in [-0.05, 0) is 48.9 Å². The molecule has 2 nitrogen and oxygen atoms in total. The van der Waals surface area contributed by atoms with Crippen molar-refractivity contribution in [2.75, 3.05) is 6.61 Å². The monoisotopic (exact) mass is 361 g/mol. The molecule has 0 N–H and O–H groups in total. The van der Waals surface area contributed by atoms with Gasteiger partial charge in [0.15, 0.2) is 14.3 Å². The van der Waals surface area contributed by atoms with E-state index in [1.807, 2.05) is 18.2 Å². The molecule has 3 heteroatoms. The molecule has 4 rings (SSSR count). The maximum Gasteiger partial charge on any atom is 0.338 e. The molecule has 0 aliphatic heterocycles. The fourth-order valence-corrected chi connectivity index (χ4v) is 5.61. The van der Waals surface area contributed by atoms with Crippen molar-refractivity contribution in [3.05, 3.63) is 78.4 Å². The van der Waals surface area contributed by atoms with Gasteiger partial charge in [-0.2, -0.15) is 0 Å². The number of benzene rings is 3. The molecule has 0 bridgehead atoms. The number of carbonyl (C=O) groups excluding carboxylic acids is 1. The van der Waals surface area contributed by atoms with E-state index in [-0.39, 0.29) is 16.4 Å². The Hall–Kier alpha value is -2.65. The Balaban J connectivity index is 1.87. The van der Waals surface area contributed by atoms with Crippen LogP contribution in [0.25, 0.3) is 25.1 Å². The summed E-state index contributed by atoms with van der Waals surface area (Å²) < 4.78 is 8.00. The predicted molar refractivity (Wildman–Crippen MR) is 110 cm³/mol. The van der Waals surface area contributed by atoms with Crippen LogP contribution in [0.4, 0.5) is 0 Å². The van der Waals surface area contributed by atoms with Gasteiger partial charge >= 0.3 is 5.97 Å². The van der Waals surface area contributed by atoms with Crippen molar-refractivity contribution < 1.29 is 9.53 Å². The molecule has 0 spiro atoms. The Bertz CT molecular complexity index is 1060. The molecule has 1 unspecified atom stereocenters. The zero-order valence-electron chi connectivity index (χ0n) is 14.8. The number of fused-ring (bicyclic) bond motifs is 3. The molecule has 0 saturated carbocycles. The maximum absolute atomic E-state index is 12.4. The molecule has 0 fully saturated rings. The summed E-state index contributed by atoms with van der Waals surface area (Å²) in [6.45, 7) is 2.57. The number of unbranched alkanes of at least 4 members (excludes halogenated alkanes) is 1. The average Bonchev–Trinajstić information content (AvgIpc) is 3.02. The van der Waals surface area contributed by atoms with Crippen LogP contribution in [0.3, 0.4) is 0 Å². The molecule has 4 aromatic rings. The van der Waals surface area contributed by atoms with Gasteiger partial charge in [-0.1, -0.05) is 43.7 Å². The molecule has 0 saturated heterocycles. The molecule has 1 heterocycles. The number of rotatable bonds is 5. The summed E-state index contributed by atoms with van der Waals surface area (Å²) in [6.07, 6.45) is 1.92. The van der Waals surface area contributed by atoms with Gasteiger partial charge in [0.2, 0.25) is 0 Å². The highest BCUT2D eigenvalue weighted by Crippen LogP contribution is 2.48. The molecule has 130 valence electrons. The van der Waals surface area contributed by atoms with E-state index in [1.165, 1.54) is 19.7 Å². The first-order valence-electron chi connectivity index (χ1n) is 8.99. The van der Waals surface area contributed by atoms with Crippen LogP contribution in [0.5, 0.6) is 0 Å². The van der Waals surface area contributed by atoms with E-state index in [0.29, 0.717) is 12.2 Å². The number of hydrogen-bond donors (Lipinski definition) is 0. The third-order valence-corrected chi connectivity index (χ3v) is 6.88. The Morgan fingerprint density at radius 1 is 0.885 bits per heavy atom. The topological polar surface area (TPSA) is 26.3 Å². The maximum atomic E-state index is 12.4. The SMILES string of the molecule is CCCCOC(=O)c1ccc2c(c1)c1ccccc1[s+]2-c1ccccc1. The molecule has 0 aliphatic carbocycles. The minimum Gasteiger partial charge on any atom is -0.462 e. The summed E-state index contributed by atoms with van der Waals surface area (Å²) in [5.41, 5.74) is 0.633. The number of carbonyl (C=O) groups is 1. The standard InChI is InChI=1S/C23H21O2S/c1-2-3-15-25-23(24)17-13-14-22-20(16-17)19-11-7-8-12-21(19)26(22)18-9-5-4-6-10-18/h4-14,16H,2-3,15H2,1H3/q+1. The smallest absolute Gasteiger partial charge is 0.338 e. The summed E-state index contributed by atoms with van der Waals surface area (Å²) in [5.74, 6) is -0.231. The first-order valence-corrected chi connectivity index (χ1v) is 10.2. The van der Waals surface area contributed by atoms with Crippen molar-refractivity contribution in [1.29, 1.82) is 0 Å². The number of esters is 1. The molecular weight excluding hydrogens is 340 g/mol. The lowest BCUT2D eigenvalue weighted by atomic mass is 10.1. The van der Waals surface area contributed by atoms with Gasteiger partial charge in [0.05, 0.1) is 12.2 Å². The summed E-state index contributed by atoms with van der Waals surface area (Å²) in [4.78, 5) is 13.7. The van der Waals surface area contributed by atoms with Gasteiger partial charge in [-0.3, -0.25) is 0 Å². The van der Waals surface area contributed by atoms with Crippen molar-refractivity contribution in [3.63, 3.8) is 0 Å². The van der Waals surface area contributed by atoms with Crippen LogP contribution < -0.4 is 0 Å². The highest BCUT2D eigenvalue weighted by Gasteiger charge is 2.24. The quantitative estimate of drug-likeness (QED) is 0.225. The fourth-order valence-electron chi connectivity index (χ4n) is 3.23. The fraction of sp³-hybridized carbons (Fsp3) is 0.174. The largest absolute Gasteiger partial charge is 0.462 e. The zero-order valence-corrected chi connectivity index (χ0v) is 15.6. The minimum atomic E-state index is -0.231. The summed E-state index contributed by atoms with van der Waals surface area (Å²) in [6, 6.07) is 25.1. The minimum absolute atomic E-state index is 0.121. The molecule has 3 aromatic carbocycles. The third kappa shape index (κ3) is 2.99. The van der Waals surface area contributed by atoms with Crippen LogP contribution in [-0.2, 0) is 4.74 Å². The van der Waals surface area contributed by atoms with Gasteiger partial charge in [0.25, 0.3) is 0 Å². The summed E-state index contributed by atoms with van der Waals surface area (Å²) in [5, 5.41) is 2.37. The van der Waals surface area contributed by atoms with E-state index < -0.39 is 0 Å². The van der Waals surface area contributed by atoms with Crippen LogP contribution in [-0.4, -0.2) is 12.6 Å². The van der Waals surface area contributed by atoms with Crippen LogP contribution in [0.15, 0.2) is 72.8 Å². The van der Waals surface area contributed by atoms with E-state index in [4.69, 9.17) is 4.74 Å². The first-order chi connectivity index (χ1) is 12.8. The van der Waals surface area contributed by atoms with Crippen LogP contribution in [0, 0.1) is 0 Å². The van der Waals surface area contributed by atoms with Crippen molar-refractivity contribution in [3.8, 4) is 4.90 Å². The lowest BCUT2D eigenvalue weighted by molar-refractivity contribution is 0.0500. The van der Waals surface area contributed by atoms with Crippen molar-refractivity contribution in [2.24, 2.45) is 0 Å². The van der Waals surface area contributed by atoms with E-state index >= 15 is 0 Å². The van der Waals surface area contributed by atoms with Gasteiger partial charge in [-0.25, -0.2) is 4.79 Å². The summed E-state index contributed by atoms with van der Waals surface area (Å²) in [7, 11) is -0.121. The van der Waals surface area contributed by atoms with Crippen LogP contribution >= 0.6 is 10.5 Å². The van der Waals surface area contributed by atoms with Gasteiger partial charge in [0, 0.05) is 21.2 Å². The average molecular weight is 361 g/mol. The van der Waals surface area contributed by atoms with Crippen molar-refractivity contribution >= 4 is 36.6 Å². The number of hydrogen-bond acceptors (Lipinski definition) is 2. The number of ether oxygens (including phenoxy) is 1. The molecule has 0 aliphatic rings. The molecule has 26 heavy (non-hydrogen) atoms. The van der Waals surface area contributed by atoms with E-state index in [2.05, 4.69) is 61.5 Å². The lowest BCUT2D eigenvalue weighted by Gasteiger charge is -2.03. The summed E-state index contributed by atoms with van der Waals surface area (Å²) >= 11 is 0. The number of thiophene rings is 1. The molecule has 1 aromatic heterocycles. The molecule has 1 atom stereocenters. The molecule has 0 amide bonds. The van der Waals surface area contributed by atoms with Gasteiger partial charge in [0.1, 0.15) is 0 Å². The van der Waals surface area contributed by atoms with Crippen molar-refractivity contribution in [2.45, 2.75) is 19.8 Å². The van der Waals surface area contributed by atoms with Gasteiger partial charge < -0.3 is 4.74 Å². The Kier molecular flexibility index (Phi) is 4.72. The van der Waals surface area contributed by atoms with E-state index in [9.17, 15) is 4.79 Å². The second kappa shape index (κ2) is 7.30. The Morgan fingerprint density at radius 2 is 1.62 bits per heavy atom. The Labute approximate surface area is 156 Å². The van der Waals surface area contributed by atoms with Crippen molar-refractivity contribution in [1.82, 2.24) is 0 Å². The molecule has 0 radical (unpaired) electrons. The highest BCUT2D eigenvalue weighted by molar-refractivity contribution is 7.50. The zero-order chi connectivity index (χ0) is 17.9. The third-order valence-electron chi connectivity index (χ3n) is 4.54. The first kappa shape index (κ1) is 16.8. The van der Waals surface area contributed by atoms with Crippen LogP contribution in [0.2, 0.25) is 0 Å². The lowest BCUT2D eigenvalue weighted by Crippen LogP contribution is -2.05. The normalized spacial score (nSPS) is 11.8. The predicted octanol–water partition coefficient (Wildman–Crippen LogP) is 6.69. The van der Waals surface area contributed by atoms with E-state index in [0.717, 1.165) is 18.2 Å². The Morgan fingerprint density at radius 3 is 2.42 bits per heavy atom. The second-order valence-corrected chi connectivity index (χ2v) is 8.28. The van der Waals surface area contributed by atoms with Crippen LogP contribution in [0.1, 0.15) is 30.1 Å². The second-order valence-electron chi connectivity index (χ2n) is 6.32. The molecular formula is C23H21O2S+. The highest BCUT2D eigenvalue weighted by atomic mass is 32.2. The van der Waals surface area contributed by atoms with Gasteiger partial charge in [-0.15, -0.1) is 0 Å². The van der Waals surface area contributed by atoms with E-state index in [1.54, 1.807) is 0 Å².